The highest BCUT2D eigenvalue weighted by molar-refractivity contribution is 5.85. The predicted octanol–water partition coefficient (Wildman–Crippen LogP) is 0.654. The van der Waals surface area contributed by atoms with Gasteiger partial charge >= 0.3 is 0 Å². The Morgan fingerprint density at radius 2 is 2.08 bits per heavy atom. The number of benzene rings is 1. The van der Waals surface area contributed by atoms with Crippen LogP contribution in [0.2, 0.25) is 0 Å². The van der Waals surface area contributed by atoms with E-state index in [0.29, 0.717) is 0 Å². The van der Waals surface area contributed by atoms with Crippen LogP contribution in [0.3, 0.4) is 0 Å². The van der Waals surface area contributed by atoms with Gasteiger partial charge in [-0.2, -0.15) is 0 Å². The van der Waals surface area contributed by atoms with Crippen molar-refractivity contribution in [2.45, 2.75) is 19.4 Å². The van der Waals surface area contributed by atoms with E-state index in [1.165, 1.54) is 0 Å². The van der Waals surface area contributed by atoms with Crippen LogP contribution in [-0.4, -0.2) is 5.91 Å². The van der Waals surface area contributed by atoms with Crippen molar-refractivity contribution in [3.63, 3.8) is 0 Å². The van der Waals surface area contributed by atoms with Gasteiger partial charge in [0, 0.05) is 0 Å². The molecule has 0 spiro atoms. The molecule has 0 aliphatic carbocycles. The number of aryl methyl sites for hydroxylation is 1. The molecule has 0 radical (unpaired) electrons. The average molecular weight is 178 g/mol. The fourth-order valence-corrected chi connectivity index (χ4v) is 1.11. The molecule has 1 aromatic rings. The van der Waals surface area contributed by atoms with Gasteiger partial charge in [-0.3, -0.25) is 4.79 Å². The molecule has 0 fully saturated rings. The van der Waals surface area contributed by atoms with Crippen molar-refractivity contribution in [1.82, 2.24) is 0 Å². The maximum Gasteiger partial charge on any atom is 0.241 e. The molecule has 13 heavy (non-hydrogen) atoms. The maximum atomic E-state index is 11.0. The molecule has 0 aliphatic rings. The summed E-state index contributed by atoms with van der Waals surface area (Å²) < 4.78 is 0. The van der Waals surface area contributed by atoms with Gasteiger partial charge < -0.3 is 11.5 Å². The van der Waals surface area contributed by atoms with Gasteiger partial charge in [0.2, 0.25) is 5.91 Å². The number of carbonyl (C=O) groups is 1. The Bertz CT molecular complexity index is 331. The van der Waals surface area contributed by atoms with Crippen molar-refractivity contribution in [2.75, 3.05) is 0 Å². The summed E-state index contributed by atoms with van der Waals surface area (Å²) in [6, 6.07) is 7.47. The largest absolute Gasteiger partial charge is 0.368 e. The van der Waals surface area contributed by atoms with Crippen LogP contribution >= 0.6 is 0 Å². The van der Waals surface area contributed by atoms with Gasteiger partial charge in [0.05, 0.1) is 0 Å². The molecule has 70 valence electrons. The van der Waals surface area contributed by atoms with Crippen molar-refractivity contribution < 1.29 is 4.79 Å². The molecule has 1 amide bonds. The third-order valence-electron chi connectivity index (χ3n) is 2.13. The van der Waals surface area contributed by atoms with Crippen molar-refractivity contribution >= 4 is 5.91 Å². The normalized spacial score (nSPS) is 15.0. The molecule has 1 aromatic carbocycles. The second-order valence-electron chi connectivity index (χ2n) is 3.44. The summed E-state index contributed by atoms with van der Waals surface area (Å²) in [5, 5.41) is 0. The molecule has 3 nitrogen and oxygen atoms in total. The lowest BCUT2D eigenvalue weighted by atomic mass is 9.91. The molecule has 3 heteroatoms. The number of carbonyl (C=O) groups excluding carboxylic acids is 1. The summed E-state index contributed by atoms with van der Waals surface area (Å²) >= 11 is 0. The lowest BCUT2D eigenvalue weighted by molar-refractivity contribution is -0.122. The third kappa shape index (κ3) is 1.87. The summed E-state index contributed by atoms with van der Waals surface area (Å²) in [5.41, 5.74) is 11.7. The second kappa shape index (κ2) is 3.18. The fourth-order valence-electron chi connectivity index (χ4n) is 1.11. The van der Waals surface area contributed by atoms with E-state index in [9.17, 15) is 4.79 Å². The minimum absolute atomic E-state index is 0.516. The first kappa shape index (κ1) is 9.74. The van der Waals surface area contributed by atoms with Crippen LogP contribution < -0.4 is 11.5 Å². The van der Waals surface area contributed by atoms with E-state index in [4.69, 9.17) is 11.5 Å². The van der Waals surface area contributed by atoms with Crippen molar-refractivity contribution in [3.8, 4) is 0 Å². The molecular formula is C10H14N2O. The van der Waals surface area contributed by atoms with E-state index in [1.807, 2.05) is 25.1 Å². The van der Waals surface area contributed by atoms with Crippen LogP contribution in [-0.2, 0) is 10.3 Å². The SMILES string of the molecule is Cc1cccc([C@](C)(N)C(N)=O)c1. The highest BCUT2D eigenvalue weighted by Crippen LogP contribution is 2.17. The number of amides is 1. The third-order valence-corrected chi connectivity index (χ3v) is 2.13. The van der Waals surface area contributed by atoms with Gasteiger partial charge in [0.1, 0.15) is 5.54 Å². The summed E-state index contributed by atoms with van der Waals surface area (Å²) in [7, 11) is 0. The standard InChI is InChI=1S/C10H14N2O/c1-7-4-3-5-8(6-7)10(2,12)9(11)13/h3-6H,12H2,1-2H3,(H2,11,13)/t10-/m0/s1. The average Bonchev–Trinajstić information content (AvgIpc) is 2.04. The zero-order chi connectivity index (χ0) is 10.1. The maximum absolute atomic E-state index is 11.0. The molecule has 0 aromatic heterocycles. The highest BCUT2D eigenvalue weighted by Gasteiger charge is 2.27. The fraction of sp³-hybridized carbons (Fsp3) is 0.300. The van der Waals surface area contributed by atoms with Crippen LogP contribution in [0.25, 0.3) is 0 Å². The minimum Gasteiger partial charge on any atom is -0.368 e. The summed E-state index contributed by atoms with van der Waals surface area (Å²) in [4.78, 5) is 11.0. The van der Waals surface area contributed by atoms with Crippen LogP contribution in [0.5, 0.6) is 0 Å². The smallest absolute Gasteiger partial charge is 0.241 e. The monoisotopic (exact) mass is 178 g/mol. The Kier molecular flexibility index (Phi) is 2.38. The van der Waals surface area contributed by atoms with E-state index < -0.39 is 11.4 Å². The summed E-state index contributed by atoms with van der Waals surface area (Å²) in [5.74, 6) is -0.516. The van der Waals surface area contributed by atoms with Crippen LogP contribution in [0.1, 0.15) is 18.1 Å². The molecule has 0 heterocycles. The first-order chi connectivity index (χ1) is 5.94. The van der Waals surface area contributed by atoms with Gasteiger partial charge in [-0.15, -0.1) is 0 Å². The van der Waals surface area contributed by atoms with Crippen LogP contribution in [0.4, 0.5) is 0 Å². The van der Waals surface area contributed by atoms with E-state index in [2.05, 4.69) is 0 Å². The van der Waals surface area contributed by atoms with E-state index in [1.54, 1.807) is 13.0 Å². The highest BCUT2D eigenvalue weighted by atomic mass is 16.1. The molecule has 0 bridgehead atoms. The molecule has 4 N–H and O–H groups in total. The number of nitrogens with two attached hydrogens (primary N) is 2. The Labute approximate surface area is 77.7 Å². The van der Waals surface area contributed by atoms with Gasteiger partial charge in [0.15, 0.2) is 0 Å². The van der Waals surface area contributed by atoms with E-state index in [-0.39, 0.29) is 0 Å². The lowest BCUT2D eigenvalue weighted by Gasteiger charge is -2.21. The van der Waals surface area contributed by atoms with Gasteiger partial charge in [0.25, 0.3) is 0 Å². The Balaban J connectivity index is 3.14. The quantitative estimate of drug-likeness (QED) is 0.698. The van der Waals surface area contributed by atoms with Gasteiger partial charge in [-0.05, 0) is 19.4 Å². The zero-order valence-electron chi connectivity index (χ0n) is 7.87. The lowest BCUT2D eigenvalue weighted by Crippen LogP contribution is -2.46. The topological polar surface area (TPSA) is 69.1 Å². The first-order valence-corrected chi connectivity index (χ1v) is 4.10. The molecule has 0 aliphatic heterocycles. The van der Waals surface area contributed by atoms with Crippen molar-refractivity contribution in [3.05, 3.63) is 35.4 Å². The number of hydrogen-bond donors (Lipinski definition) is 2. The second-order valence-corrected chi connectivity index (χ2v) is 3.44. The predicted molar refractivity (Wildman–Crippen MR) is 51.9 cm³/mol. The van der Waals surface area contributed by atoms with E-state index in [0.717, 1.165) is 11.1 Å². The molecular weight excluding hydrogens is 164 g/mol. The molecule has 0 saturated heterocycles. The van der Waals surface area contributed by atoms with E-state index >= 15 is 0 Å². The van der Waals surface area contributed by atoms with Crippen LogP contribution in [0, 0.1) is 6.92 Å². The Morgan fingerprint density at radius 3 is 2.54 bits per heavy atom. The minimum atomic E-state index is -1.08. The Hall–Kier alpha value is -1.35. The summed E-state index contributed by atoms with van der Waals surface area (Å²) in [6.45, 7) is 3.56. The zero-order valence-corrected chi connectivity index (χ0v) is 7.87. The number of rotatable bonds is 2. The van der Waals surface area contributed by atoms with Gasteiger partial charge in [-0.25, -0.2) is 0 Å². The Morgan fingerprint density at radius 1 is 1.46 bits per heavy atom. The number of primary amides is 1. The van der Waals surface area contributed by atoms with Crippen molar-refractivity contribution in [2.24, 2.45) is 11.5 Å². The molecule has 0 unspecified atom stereocenters. The molecule has 1 rings (SSSR count). The molecule has 1 atom stereocenters. The van der Waals surface area contributed by atoms with Crippen molar-refractivity contribution in [1.29, 1.82) is 0 Å². The van der Waals surface area contributed by atoms with Crippen LogP contribution in [0.15, 0.2) is 24.3 Å². The number of hydrogen-bond acceptors (Lipinski definition) is 2. The van der Waals surface area contributed by atoms with Gasteiger partial charge in [-0.1, -0.05) is 29.8 Å². The molecule has 0 saturated carbocycles. The first-order valence-electron chi connectivity index (χ1n) is 4.10. The summed E-state index contributed by atoms with van der Waals surface area (Å²) in [6.07, 6.45) is 0.